The average Bonchev–Trinajstić information content (AvgIpc) is 3.36. The van der Waals surface area contributed by atoms with Crippen LogP contribution in [0.5, 0.6) is 0 Å². The molecule has 0 radical (unpaired) electrons. The molecule has 0 fully saturated rings. The van der Waals surface area contributed by atoms with Gasteiger partial charge >= 0.3 is 0 Å². The number of halogens is 2. The molecule has 1 unspecified atom stereocenters. The number of aryl methyl sites for hydroxylation is 1. The van der Waals surface area contributed by atoms with Crippen LogP contribution in [-0.2, 0) is 11.8 Å². The van der Waals surface area contributed by atoms with Gasteiger partial charge in [-0.3, -0.25) is 4.79 Å². The molecule has 8 nitrogen and oxygen atoms in total. The quantitative estimate of drug-likeness (QED) is 0.304. The summed E-state index contributed by atoms with van der Waals surface area (Å²) in [7, 11) is 1.89. The highest BCUT2D eigenvalue weighted by Crippen LogP contribution is 2.30. The summed E-state index contributed by atoms with van der Waals surface area (Å²) < 4.78 is 3.18. The molecule has 11 heteroatoms. The van der Waals surface area contributed by atoms with E-state index in [4.69, 9.17) is 29.0 Å². The molecule has 0 aliphatic carbocycles. The third kappa shape index (κ3) is 4.74. The first-order valence-corrected chi connectivity index (χ1v) is 11.3. The van der Waals surface area contributed by atoms with Gasteiger partial charge in [-0.25, -0.2) is 9.66 Å². The number of nitrogens with zero attached hydrogens (tertiary/aromatic N) is 5. The van der Waals surface area contributed by atoms with Gasteiger partial charge in [0.2, 0.25) is 11.1 Å². The van der Waals surface area contributed by atoms with Gasteiger partial charge in [-0.1, -0.05) is 65.3 Å². The fourth-order valence-electron chi connectivity index (χ4n) is 3.16. The lowest BCUT2D eigenvalue weighted by molar-refractivity contribution is -0.119. The number of rotatable bonds is 7. The third-order valence-electron chi connectivity index (χ3n) is 4.72. The van der Waals surface area contributed by atoms with Gasteiger partial charge in [-0.2, -0.15) is 0 Å². The maximum absolute atomic E-state index is 12.8. The molecule has 4 rings (SSSR count). The number of imidazole rings is 1. The second-order valence-electron chi connectivity index (χ2n) is 6.90. The lowest BCUT2D eigenvalue weighted by Crippen LogP contribution is -2.32. The minimum Gasteiger partial charge on any atom is -0.341 e. The summed E-state index contributed by atoms with van der Waals surface area (Å²) in [6, 6.07) is 14.3. The molecule has 2 aromatic carbocycles. The number of nitrogens with one attached hydrogen (secondary N) is 1. The first kappa shape index (κ1) is 22.2. The normalized spacial score (nSPS) is 12.0. The Kier molecular flexibility index (Phi) is 6.69. The van der Waals surface area contributed by atoms with Crippen molar-refractivity contribution in [1.29, 1.82) is 0 Å². The molecule has 0 spiro atoms. The summed E-state index contributed by atoms with van der Waals surface area (Å²) in [6.07, 6.45) is 3.54. The average molecular weight is 488 g/mol. The van der Waals surface area contributed by atoms with E-state index in [9.17, 15) is 4.79 Å². The van der Waals surface area contributed by atoms with Crippen LogP contribution in [0.1, 0.15) is 17.4 Å². The zero-order valence-electron chi connectivity index (χ0n) is 16.9. The summed E-state index contributed by atoms with van der Waals surface area (Å²) in [5.74, 6) is 7.17. The molecule has 0 aliphatic heterocycles. The number of benzene rings is 2. The van der Waals surface area contributed by atoms with E-state index in [1.165, 1.54) is 16.4 Å². The Hall–Kier alpha value is -3.01. The van der Waals surface area contributed by atoms with Gasteiger partial charge in [0, 0.05) is 30.0 Å². The molecule has 2 heterocycles. The number of carbonyl (C=O) groups is 1. The van der Waals surface area contributed by atoms with Gasteiger partial charge in [0.05, 0.1) is 10.8 Å². The van der Waals surface area contributed by atoms with Crippen LogP contribution in [0.25, 0.3) is 11.4 Å². The third-order valence-corrected chi connectivity index (χ3v) is 6.21. The second kappa shape index (κ2) is 9.64. The van der Waals surface area contributed by atoms with Gasteiger partial charge < -0.3 is 15.7 Å². The molecule has 1 atom stereocenters. The van der Waals surface area contributed by atoms with Crippen LogP contribution in [0.3, 0.4) is 0 Å². The van der Waals surface area contributed by atoms with Gasteiger partial charge in [0.25, 0.3) is 0 Å². The standard InChI is InChI=1S/C21H19Cl2N7OS/c1-29-10-9-25-20(29)18(13-5-3-2-4-6-13)26-17(31)12-32-21-28-27-19(30(21)24)15-8-7-14(22)11-16(15)23/h2-11,18H,12,24H2,1H3,(H,26,31). The minimum absolute atomic E-state index is 0.0947. The molecule has 2 aromatic heterocycles. The molecule has 4 aromatic rings. The summed E-state index contributed by atoms with van der Waals surface area (Å²) in [4.78, 5) is 17.2. The first-order valence-electron chi connectivity index (χ1n) is 9.54. The fourth-order valence-corrected chi connectivity index (χ4v) is 4.32. The number of nitrogen functional groups attached to an aromatic ring is 1. The number of thioether (sulfide) groups is 1. The molecule has 0 aliphatic rings. The molecule has 32 heavy (non-hydrogen) atoms. The van der Waals surface area contributed by atoms with E-state index in [1.54, 1.807) is 24.4 Å². The number of nitrogens with two attached hydrogens (primary N) is 1. The van der Waals surface area contributed by atoms with E-state index < -0.39 is 0 Å². The van der Waals surface area contributed by atoms with Crippen molar-refractivity contribution in [2.75, 3.05) is 11.6 Å². The smallest absolute Gasteiger partial charge is 0.231 e. The van der Waals surface area contributed by atoms with Crippen LogP contribution in [0.2, 0.25) is 10.0 Å². The van der Waals surface area contributed by atoms with E-state index in [-0.39, 0.29) is 17.7 Å². The molecule has 0 saturated heterocycles. The largest absolute Gasteiger partial charge is 0.341 e. The summed E-state index contributed by atoms with van der Waals surface area (Å²) in [6.45, 7) is 0. The molecule has 3 N–H and O–H groups in total. The Balaban J connectivity index is 1.48. The molecule has 164 valence electrons. The monoisotopic (exact) mass is 487 g/mol. The van der Waals surface area contributed by atoms with Crippen LogP contribution in [0, 0.1) is 0 Å². The summed E-state index contributed by atoms with van der Waals surface area (Å²) in [5, 5.41) is 12.5. The van der Waals surface area contributed by atoms with Gasteiger partial charge in [-0.05, 0) is 23.8 Å². The van der Waals surface area contributed by atoms with E-state index in [1.807, 2.05) is 48.1 Å². The van der Waals surface area contributed by atoms with Crippen molar-refractivity contribution >= 4 is 40.9 Å². The van der Waals surface area contributed by atoms with Crippen molar-refractivity contribution in [2.24, 2.45) is 7.05 Å². The highest BCUT2D eigenvalue weighted by atomic mass is 35.5. The zero-order chi connectivity index (χ0) is 22.7. The Morgan fingerprint density at radius 3 is 2.66 bits per heavy atom. The van der Waals surface area contributed by atoms with E-state index in [2.05, 4.69) is 20.5 Å². The van der Waals surface area contributed by atoms with Gasteiger partial charge in [-0.15, -0.1) is 10.2 Å². The predicted molar refractivity (Wildman–Crippen MR) is 126 cm³/mol. The zero-order valence-corrected chi connectivity index (χ0v) is 19.3. The van der Waals surface area contributed by atoms with Crippen molar-refractivity contribution in [3.05, 3.63) is 82.4 Å². The number of hydrogen-bond donors (Lipinski definition) is 2. The first-order chi connectivity index (χ1) is 15.4. The Morgan fingerprint density at radius 1 is 1.19 bits per heavy atom. The number of amides is 1. The molecular formula is C21H19Cl2N7OS. The van der Waals surface area contributed by atoms with Crippen molar-refractivity contribution in [3.63, 3.8) is 0 Å². The van der Waals surface area contributed by atoms with Crippen molar-refractivity contribution in [3.8, 4) is 11.4 Å². The molecule has 0 saturated carbocycles. The lowest BCUT2D eigenvalue weighted by atomic mass is 10.1. The lowest BCUT2D eigenvalue weighted by Gasteiger charge is -2.19. The summed E-state index contributed by atoms with van der Waals surface area (Å²) >= 11 is 13.4. The minimum atomic E-state index is -0.386. The number of hydrogen-bond acceptors (Lipinski definition) is 6. The van der Waals surface area contributed by atoms with Gasteiger partial charge in [0.15, 0.2) is 5.82 Å². The van der Waals surface area contributed by atoms with Crippen molar-refractivity contribution in [1.82, 2.24) is 29.7 Å². The van der Waals surface area contributed by atoms with Crippen LogP contribution in [-0.4, -0.2) is 36.1 Å². The Morgan fingerprint density at radius 2 is 1.97 bits per heavy atom. The maximum atomic E-state index is 12.8. The van der Waals surface area contributed by atoms with Crippen LogP contribution in [0.15, 0.2) is 66.1 Å². The number of carbonyl (C=O) groups excluding carboxylic acids is 1. The van der Waals surface area contributed by atoms with E-state index in [0.29, 0.717) is 26.6 Å². The van der Waals surface area contributed by atoms with Crippen molar-refractivity contribution < 1.29 is 4.79 Å². The van der Waals surface area contributed by atoms with Crippen LogP contribution >= 0.6 is 35.0 Å². The van der Waals surface area contributed by atoms with Gasteiger partial charge in [0.1, 0.15) is 11.9 Å². The SMILES string of the molecule is Cn1ccnc1C(NC(=O)CSc1nnc(-c2ccc(Cl)cc2Cl)n1N)c1ccccc1. The van der Waals surface area contributed by atoms with E-state index >= 15 is 0 Å². The van der Waals surface area contributed by atoms with Crippen molar-refractivity contribution in [2.45, 2.75) is 11.2 Å². The molecular weight excluding hydrogens is 469 g/mol. The molecule has 1 amide bonds. The summed E-state index contributed by atoms with van der Waals surface area (Å²) in [5.41, 5.74) is 1.53. The molecule has 0 bridgehead atoms. The maximum Gasteiger partial charge on any atom is 0.231 e. The Labute approximate surface area is 198 Å². The highest BCUT2D eigenvalue weighted by molar-refractivity contribution is 7.99. The number of aromatic nitrogens is 5. The fraction of sp³-hybridized carbons (Fsp3) is 0.143. The predicted octanol–water partition coefficient (Wildman–Crippen LogP) is 3.70. The van der Waals surface area contributed by atoms with E-state index in [0.717, 1.165) is 11.4 Å². The Bertz CT molecular complexity index is 1240. The second-order valence-corrected chi connectivity index (χ2v) is 8.68. The van der Waals surface area contributed by atoms with Crippen LogP contribution < -0.4 is 11.2 Å². The topological polar surface area (TPSA) is 104 Å². The van der Waals surface area contributed by atoms with Crippen LogP contribution in [0.4, 0.5) is 0 Å². The highest BCUT2D eigenvalue weighted by Gasteiger charge is 2.22.